The first-order valence-electron chi connectivity index (χ1n) is 15.4. The first kappa shape index (κ1) is 38.5. The van der Waals surface area contributed by atoms with Crippen LogP contribution in [0, 0.1) is 24.2 Å². The SMILES string of the molecule is CNC(C(=O)NC(C(=O)N(C)/C(=C/C(C)C(=O)NS(=O)(=O)c1ccc(C)cc1)C(C)C)C(C)(C)C)C(C)(C)c1cccc(OC)c1. The molecular weight excluding hydrogens is 604 g/mol. The molecule has 0 aromatic heterocycles. The maximum atomic E-state index is 14.1. The van der Waals surface area contributed by atoms with E-state index < -0.39 is 44.8 Å². The molecule has 0 bridgehead atoms. The Balaban J connectivity index is 2.35. The molecule has 46 heavy (non-hydrogen) atoms. The zero-order chi connectivity index (χ0) is 35.2. The van der Waals surface area contributed by atoms with Crippen molar-refractivity contribution in [3.63, 3.8) is 0 Å². The van der Waals surface area contributed by atoms with E-state index in [1.165, 1.54) is 17.0 Å². The Hall–Kier alpha value is -3.70. The number of nitrogens with zero attached hydrogens (tertiary/aromatic N) is 1. The van der Waals surface area contributed by atoms with E-state index in [-0.39, 0.29) is 22.6 Å². The average molecular weight is 657 g/mol. The molecule has 11 heteroatoms. The largest absolute Gasteiger partial charge is 0.497 e. The van der Waals surface area contributed by atoms with Gasteiger partial charge < -0.3 is 20.3 Å². The Morgan fingerprint density at radius 1 is 0.913 bits per heavy atom. The molecule has 3 amide bonds. The van der Waals surface area contributed by atoms with Gasteiger partial charge in [0.2, 0.25) is 17.7 Å². The fourth-order valence-electron chi connectivity index (χ4n) is 5.23. The van der Waals surface area contributed by atoms with Crippen molar-refractivity contribution in [3.05, 3.63) is 71.4 Å². The number of aryl methyl sites for hydroxylation is 1. The number of likely N-dealkylation sites (N-methyl/N-ethyl adjacent to an activating group) is 2. The number of amides is 3. The van der Waals surface area contributed by atoms with E-state index in [4.69, 9.17) is 4.74 Å². The average Bonchev–Trinajstić information content (AvgIpc) is 2.97. The van der Waals surface area contributed by atoms with Gasteiger partial charge >= 0.3 is 0 Å². The summed E-state index contributed by atoms with van der Waals surface area (Å²) in [5.74, 6) is -1.85. The van der Waals surface area contributed by atoms with Crippen molar-refractivity contribution in [3.8, 4) is 5.75 Å². The minimum Gasteiger partial charge on any atom is -0.497 e. The predicted octanol–water partition coefficient (Wildman–Crippen LogP) is 4.54. The number of rotatable bonds is 13. The summed E-state index contributed by atoms with van der Waals surface area (Å²) in [6, 6.07) is 12.1. The molecule has 0 fully saturated rings. The first-order chi connectivity index (χ1) is 21.2. The van der Waals surface area contributed by atoms with E-state index in [0.29, 0.717) is 11.4 Å². The number of carbonyl (C=O) groups excluding carboxylic acids is 3. The lowest BCUT2D eigenvalue weighted by atomic mass is 9.76. The third-order valence-electron chi connectivity index (χ3n) is 8.20. The number of hydrogen-bond acceptors (Lipinski definition) is 7. The molecule has 3 unspecified atom stereocenters. The highest BCUT2D eigenvalue weighted by atomic mass is 32.2. The summed E-state index contributed by atoms with van der Waals surface area (Å²) in [5.41, 5.74) is 0.953. The van der Waals surface area contributed by atoms with E-state index in [2.05, 4.69) is 15.4 Å². The van der Waals surface area contributed by atoms with Crippen LogP contribution in [0.2, 0.25) is 0 Å². The fourth-order valence-corrected chi connectivity index (χ4v) is 6.29. The highest BCUT2D eigenvalue weighted by molar-refractivity contribution is 7.90. The first-order valence-corrected chi connectivity index (χ1v) is 16.9. The zero-order valence-electron chi connectivity index (χ0n) is 29.3. The van der Waals surface area contributed by atoms with E-state index in [1.807, 2.05) is 79.7 Å². The standard InChI is InChI=1S/C35H52N4O6S/c1-22(2)28(20-24(4)31(40)38-46(43,44)27-18-16-23(3)17-19-27)39(11)33(42)30(34(5,6)7)37-32(41)29(36-10)35(8,9)25-14-13-15-26(21-25)45-12/h13-22,24,29-30,36H,1-12H3,(H,37,41)(H,38,40)/b28-20+. The van der Waals surface area contributed by atoms with Gasteiger partial charge in [0.1, 0.15) is 11.8 Å². The Labute approximate surface area is 275 Å². The molecule has 2 rings (SSSR count). The second-order valence-corrected chi connectivity index (χ2v) is 15.4. The van der Waals surface area contributed by atoms with Crippen LogP contribution >= 0.6 is 0 Å². The van der Waals surface area contributed by atoms with E-state index in [9.17, 15) is 22.8 Å². The molecule has 2 aromatic carbocycles. The van der Waals surface area contributed by atoms with Crippen LogP contribution in [0.1, 0.15) is 66.5 Å². The molecule has 3 atom stereocenters. The zero-order valence-corrected chi connectivity index (χ0v) is 30.1. The van der Waals surface area contributed by atoms with Crippen molar-refractivity contribution in [1.29, 1.82) is 0 Å². The molecule has 0 aliphatic carbocycles. The molecule has 2 aromatic rings. The van der Waals surface area contributed by atoms with Crippen LogP contribution in [0.5, 0.6) is 5.75 Å². The lowest BCUT2D eigenvalue weighted by Gasteiger charge is -2.39. The van der Waals surface area contributed by atoms with Crippen LogP contribution in [0.4, 0.5) is 0 Å². The Kier molecular flexibility index (Phi) is 12.8. The highest BCUT2D eigenvalue weighted by Crippen LogP contribution is 2.31. The van der Waals surface area contributed by atoms with Gasteiger partial charge in [-0.05, 0) is 62.1 Å². The molecular formula is C35H52N4O6S. The van der Waals surface area contributed by atoms with Gasteiger partial charge in [0, 0.05) is 18.2 Å². The minimum atomic E-state index is -4.08. The van der Waals surface area contributed by atoms with Gasteiger partial charge in [-0.25, -0.2) is 13.1 Å². The van der Waals surface area contributed by atoms with Gasteiger partial charge in [-0.2, -0.15) is 0 Å². The number of nitrogens with one attached hydrogen (secondary N) is 3. The molecule has 0 radical (unpaired) electrons. The number of hydrogen-bond donors (Lipinski definition) is 3. The molecule has 0 saturated carbocycles. The number of benzene rings is 2. The van der Waals surface area contributed by atoms with Gasteiger partial charge in [0.25, 0.3) is 10.0 Å². The van der Waals surface area contributed by atoms with Crippen LogP contribution < -0.4 is 20.1 Å². The number of methoxy groups -OCH3 is 1. The van der Waals surface area contributed by atoms with Crippen LogP contribution in [0.3, 0.4) is 0 Å². The van der Waals surface area contributed by atoms with Crippen molar-refractivity contribution < 1.29 is 27.5 Å². The second kappa shape index (κ2) is 15.3. The fraction of sp³-hybridized carbons (Fsp3) is 0.514. The van der Waals surface area contributed by atoms with Gasteiger partial charge in [-0.1, -0.05) is 84.4 Å². The summed E-state index contributed by atoms with van der Waals surface area (Å²) in [5, 5.41) is 6.14. The van der Waals surface area contributed by atoms with Gasteiger partial charge in [0.15, 0.2) is 0 Å². The molecule has 0 saturated heterocycles. The Morgan fingerprint density at radius 3 is 2.00 bits per heavy atom. The topological polar surface area (TPSA) is 134 Å². The van der Waals surface area contributed by atoms with Gasteiger partial charge in [-0.15, -0.1) is 0 Å². The van der Waals surface area contributed by atoms with Crippen molar-refractivity contribution >= 4 is 27.7 Å². The van der Waals surface area contributed by atoms with Gasteiger partial charge in [0.05, 0.1) is 24.0 Å². The Bertz CT molecular complexity index is 1520. The lowest BCUT2D eigenvalue weighted by molar-refractivity contribution is -0.138. The van der Waals surface area contributed by atoms with Crippen molar-refractivity contribution in [1.82, 2.24) is 20.3 Å². The Morgan fingerprint density at radius 2 is 1.50 bits per heavy atom. The molecule has 254 valence electrons. The summed E-state index contributed by atoms with van der Waals surface area (Å²) >= 11 is 0. The summed E-state index contributed by atoms with van der Waals surface area (Å²) in [6.07, 6.45) is 1.59. The van der Waals surface area contributed by atoms with Crippen molar-refractivity contribution in [2.24, 2.45) is 17.3 Å². The van der Waals surface area contributed by atoms with E-state index in [1.54, 1.807) is 46.3 Å². The van der Waals surface area contributed by atoms with E-state index in [0.717, 1.165) is 11.1 Å². The van der Waals surface area contributed by atoms with Crippen LogP contribution in [0.25, 0.3) is 0 Å². The third-order valence-corrected chi connectivity index (χ3v) is 9.56. The van der Waals surface area contributed by atoms with Crippen LogP contribution in [-0.2, 0) is 29.8 Å². The molecule has 0 spiro atoms. The maximum absolute atomic E-state index is 14.1. The number of allylic oxidation sites excluding steroid dienone is 1. The molecule has 3 N–H and O–H groups in total. The normalized spacial score (nSPS) is 14.7. The smallest absolute Gasteiger partial charge is 0.264 e. The van der Waals surface area contributed by atoms with Gasteiger partial charge in [-0.3, -0.25) is 14.4 Å². The van der Waals surface area contributed by atoms with Crippen LogP contribution in [-0.4, -0.2) is 64.3 Å². The predicted molar refractivity (Wildman–Crippen MR) is 182 cm³/mol. The summed E-state index contributed by atoms with van der Waals surface area (Å²) in [7, 11) is 0.816. The lowest BCUT2D eigenvalue weighted by Crippen LogP contribution is -2.60. The highest BCUT2D eigenvalue weighted by Gasteiger charge is 2.41. The summed E-state index contributed by atoms with van der Waals surface area (Å²) in [6.45, 7) is 16.7. The van der Waals surface area contributed by atoms with Crippen molar-refractivity contribution in [2.45, 2.75) is 84.7 Å². The number of ether oxygens (including phenoxy) is 1. The quantitative estimate of drug-likeness (QED) is 0.288. The maximum Gasteiger partial charge on any atom is 0.264 e. The molecule has 0 heterocycles. The third kappa shape index (κ3) is 9.42. The van der Waals surface area contributed by atoms with E-state index >= 15 is 0 Å². The summed E-state index contributed by atoms with van der Waals surface area (Å²) in [4.78, 5) is 42.5. The monoisotopic (exact) mass is 656 g/mol. The molecule has 10 nitrogen and oxygen atoms in total. The van der Waals surface area contributed by atoms with Crippen LogP contribution in [0.15, 0.2) is 65.2 Å². The second-order valence-electron chi connectivity index (χ2n) is 13.7. The van der Waals surface area contributed by atoms with Crippen molar-refractivity contribution in [2.75, 3.05) is 21.2 Å². The minimum absolute atomic E-state index is 0.0165. The molecule has 0 aliphatic heterocycles. The molecule has 0 aliphatic rings. The number of carbonyl (C=O) groups is 3. The summed E-state index contributed by atoms with van der Waals surface area (Å²) < 4.78 is 33.2. The number of sulfonamides is 1.